The van der Waals surface area contributed by atoms with Crippen molar-refractivity contribution in [2.24, 2.45) is 0 Å². The lowest BCUT2D eigenvalue weighted by Gasteiger charge is -2.35. The fraction of sp³-hybridized carbons (Fsp3) is 0.273. The number of aromatic nitrogens is 2. The topological polar surface area (TPSA) is 50.2 Å². The van der Waals surface area contributed by atoms with Gasteiger partial charge in [0.25, 0.3) is 0 Å². The molecule has 1 aliphatic rings. The van der Waals surface area contributed by atoms with Gasteiger partial charge in [0.2, 0.25) is 5.91 Å². The lowest BCUT2D eigenvalue weighted by atomic mass is 9.99. The van der Waals surface area contributed by atoms with Gasteiger partial charge in [0.1, 0.15) is 11.9 Å². The van der Waals surface area contributed by atoms with Crippen LogP contribution >= 0.6 is 11.6 Å². The molecule has 0 unspecified atom stereocenters. The molecule has 3 aromatic rings. The molecule has 1 aromatic heterocycles. The number of amides is 1. The van der Waals surface area contributed by atoms with Gasteiger partial charge in [0, 0.05) is 41.5 Å². The third-order valence-corrected chi connectivity index (χ3v) is 5.71. The van der Waals surface area contributed by atoms with Gasteiger partial charge in [-0.2, -0.15) is 5.10 Å². The van der Waals surface area contributed by atoms with Gasteiger partial charge in [-0.25, -0.2) is 9.07 Å². The highest BCUT2D eigenvalue weighted by Gasteiger charge is 2.36. The van der Waals surface area contributed by atoms with Gasteiger partial charge >= 0.3 is 0 Å². The fourth-order valence-corrected chi connectivity index (χ4v) is 4.18. The summed E-state index contributed by atoms with van der Waals surface area (Å²) < 4.78 is 16.2. The summed E-state index contributed by atoms with van der Waals surface area (Å²) in [5.74, 6) is -0.474. The van der Waals surface area contributed by atoms with E-state index >= 15 is 0 Å². The minimum absolute atomic E-state index is 0.109. The van der Waals surface area contributed by atoms with E-state index in [2.05, 4.69) is 10.4 Å². The molecule has 0 aliphatic carbocycles. The Labute approximate surface area is 174 Å². The molecule has 1 amide bonds. The molecule has 2 heterocycles. The largest absolute Gasteiger partial charge is 0.353 e. The molecule has 5 nitrogen and oxygen atoms in total. The third kappa shape index (κ3) is 3.66. The first kappa shape index (κ1) is 19.6. The van der Waals surface area contributed by atoms with Crippen molar-refractivity contribution in [1.82, 2.24) is 20.0 Å². The zero-order chi connectivity index (χ0) is 20.5. The second kappa shape index (κ2) is 7.97. The number of para-hydroxylation sites is 1. The van der Waals surface area contributed by atoms with E-state index in [0.29, 0.717) is 23.7 Å². The summed E-state index contributed by atoms with van der Waals surface area (Å²) in [4.78, 5) is 14.9. The number of carbonyl (C=O) groups excluding carboxylic acids is 1. The Morgan fingerprint density at radius 1 is 1.17 bits per heavy atom. The number of halogens is 2. The van der Waals surface area contributed by atoms with Crippen LogP contribution in [0.25, 0.3) is 5.69 Å². The third-order valence-electron chi connectivity index (χ3n) is 5.36. The van der Waals surface area contributed by atoms with E-state index in [1.807, 2.05) is 53.8 Å². The summed E-state index contributed by atoms with van der Waals surface area (Å²) >= 11 is 6.24. The molecular weight excluding hydrogens is 391 g/mol. The molecule has 1 atom stereocenters. The monoisotopic (exact) mass is 412 g/mol. The van der Waals surface area contributed by atoms with Crippen LogP contribution in [0.4, 0.5) is 4.39 Å². The van der Waals surface area contributed by atoms with Gasteiger partial charge in [0.05, 0.1) is 11.4 Å². The molecule has 150 valence electrons. The van der Waals surface area contributed by atoms with E-state index in [9.17, 15) is 9.18 Å². The summed E-state index contributed by atoms with van der Waals surface area (Å²) in [5, 5.41) is 7.98. The first-order chi connectivity index (χ1) is 14.0. The van der Waals surface area contributed by atoms with E-state index in [-0.39, 0.29) is 18.3 Å². The van der Waals surface area contributed by atoms with Crippen LogP contribution in [-0.2, 0) is 11.3 Å². The zero-order valence-electron chi connectivity index (χ0n) is 16.3. The maximum Gasteiger partial charge on any atom is 0.242 e. The van der Waals surface area contributed by atoms with Crippen molar-refractivity contribution in [3.63, 3.8) is 0 Å². The van der Waals surface area contributed by atoms with E-state index in [4.69, 9.17) is 11.6 Å². The Kier molecular flexibility index (Phi) is 5.39. The molecule has 1 fully saturated rings. The summed E-state index contributed by atoms with van der Waals surface area (Å²) in [6, 6.07) is 13.9. The van der Waals surface area contributed by atoms with Gasteiger partial charge in [-0.3, -0.25) is 9.69 Å². The minimum atomic E-state index is -0.558. The first-order valence-corrected chi connectivity index (χ1v) is 9.91. The first-order valence-electron chi connectivity index (χ1n) is 9.53. The number of benzene rings is 2. The maximum absolute atomic E-state index is 14.4. The summed E-state index contributed by atoms with van der Waals surface area (Å²) in [6.07, 6.45) is 0. The predicted octanol–water partition coefficient (Wildman–Crippen LogP) is 3.95. The van der Waals surface area contributed by atoms with Crippen LogP contribution in [0.3, 0.4) is 0 Å². The molecule has 0 saturated carbocycles. The highest BCUT2D eigenvalue weighted by Crippen LogP contribution is 2.32. The molecule has 1 saturated heterocycles. The Morgan fingerprint density at radius 2 is 1.93 bits per heavy atom. The molecule has 0 bridgehead atoms. The quantitative estimate of drug-likeness (QED) is 0.705. The number of piperazine rings is 1. The highest BCUT2D eigenvalue weighted by atomic mass is 35.5. The van der Waals surface area contributed by atoms with Crippen LogP contribution in [0, 0.1) is 19.7 Å². The number of nitrogens with zero attached hydrogens (tertiary/aromatic N) is 3. The molecule has 0 radical (unpaired) electrons. The molecule has 2 aromatic carbocycles. The number of aryl methyl sites for hydroxylation is 1. The number of nitrogens with one attached hydrogen (secondary N) is 1. The van der Waals surface area contributed by atoms with Crippen molar-refractivity contribution in [1.29, 1.82) is 0 Å². The van der Waals surface area contributed by atoms with Crippen LogP contribution in [0.2, 0.25) is 5.02 Å². The molecule has 7 heteroatoms. The lowest BCUT2D eigenvalue weighted by Crippen LogP contribution is -2.50. The van der Waals surface area contributed by atoms with Crippen LogP contribution in [0.1, 0.15) is 28.6 Å². The average Bonchev–Trinajstić information content (AvgIpc) is 3.00. The Bertz CT molecular complexity index is 1030. The number of hydrogen-bond donors (Lipinski definition) is 1. The van der Waals surface area contributed by atoms with Crippen molar-refractivity contribution < 1.29 is 9.18 Å². The molecule has 0 spiro atoms. The van der Waals surface area contributed by atoms with E-state index in [0.717, 1.165) is 22.6 Å². The van der Waals surface area contributed by atoms with Gasteiger partial charge < -0.3 is 5.32 Å². The van der Waals surface area contributed by atoms with Crippen molar-refractivity contribution in [3.05, 3.63) is 81.9 Å². The fourth-order valence-electron chi connectivity index (χ4n) is 3.96. The van der Waals surface area contributed by atoms with E-state index < -0.39 is 6.04 Å². The summed E-state index contributed by atoms with van der Waals surface area (Å²) in [7, 11) is 0. The van der Waals surface area contributed by atoms with Gasteiger partial charge in [-0.1, -0.05) is 35.9 Å². The van der Waals surface area contributed by atoms with Crippen LogP contribution in [-0.4, -0.2) is 33.7 Å². The predicted molar refractivity (Wildman–Crippen MR) is 111 cm³/mol. The molecular formula is C22H22ClFN4O. The van der Waals surface area contributed by atoms with Crippen LogP contribution in [0.5, 0.6) is 0 Å². The molecule has 1 N–H and O–H groups in total. The van der Waals surface area contributed by atoms with E-state index in [1.165, 1.54) is 6.07 Å². The van der Waals surface area contributed by atoms with Crippen LogP contribution in [0.15, 0.2) is 48.5 Å². The number of rotatable bonds is 4. The Hall–Kier alpha value is -2.70. The van der Waals surface area contributed by atoms with Crippen LogP contribution < -0.4 is 5.32 Å². The minimum Gasteiger partial charge on any atom is -0.353 e. The van der Waals surface area contributed by atoms with Crippen molar-refractivity contribution in [2.75, 3.05) is 13.1 Å². The molecule has 1 aliphatic heterocycles. The van der Waals surface area contributed by atoms with Crippen molar-refractivity contribution in [2.45, 2.75) is 26.4 Å². The van der Waals surface area contributed by atoms with Gasteiger partial charge in [0.15, 0.2) is 0 Å². The number of carbonyl (C=O) groups is 1. The van der Waals surface area contributed by atoms with Crippen molar-refractivity contribution in [3.8, 4) is 5.69 Å². The molecule has 29 heavy (non-hydrogen) atoms. The Morgan fingerprint density at radius 3 is 2.66 bits per heavy atom. The van der Waals surface area contributed by atoms with Gasteiger partial charge in [-0.05, 0) is 38.1 Å². The Balaban J connectivity index is 1.75. The normalized spacial score (nSPS) is 17.4. The average molecular weight is 413 g/mol. The summed E-state index contributed by atoms with van der Waals surface area (Å²) in [6.45, 7) is 5.21. The highest BCUT2D eigenvalue weighted by molar-refractivity contribution is 6.31. The summed E-state index contributed by atoms with van der Waals surface area (Å²) in [5.41, 5.74) is 3.84. The lowest BCUT2D eigenvalue weighted by molar-refractivity contribution is -0.129. The standard InChI is InChI=1S/C22H22ClFN4O/c1-14-20(15(2)28(26-14)16-7-4-3-5-8-16)21-22(29)25-11-12-27(21)13-17-18(23)9-6-10-19(17)24/h3-10,21H,11-13H2,1-2H3,(H,25,29)/t21-/m1/s1. The van der Waals surface area contributed by atoms with Crippen molar-refractivity contribution >= 4 is 17.5 Å². The second-order valence-corrected chi connectivity index (χ2v) is 7.60. The zero-order valence-corrected chi connectivity index (χ0v) is 17.1. The van der Waals surface area contributed by atoms with Gasteiger partial charge in [-0.15, -0.1) is 0 Å². The van der Waals surface area contributed by atoms with E-state index in [1.54, 1.807) is 12.1 Å². The SMILES string of the molecule is Cc1nn(-c2ccccc2)c(C)c1[C@@H]1C(=O)NCCN1Cc1c(F)cccc1Cl. The molecule has 4 rings (SSSR count). The maximum atomic E-state index is 14.4. The number of hydrogen-bond acceptors (Lipinski definition) is 3. The smallest absolute Gasteiger partial charge is 0.242 e. The second-order valence-electron chi connectivity index (χ2n) is 7.20.